The molecule has 1 fully saturated rings. The summed E-state index contributed by atoms with van der Waals surface area (Å²) in [6.07, 6.45) is 1.75. The summed E-state index contributed by atoms with van der Waals surface area (Å²) in [6, 6.07) is 0.484. The van der Waals surface area contributed by atoms with E-state index in [1.165, 1.54) is 0 Å². The maximum absolute atomic E-state index is 11.3. The highest BCUT2D eigenvalue weighted by atomic mass is 16.4. The first-order valence-corrected chi connectivity index (χ1v) is 7.13. The minimum atomic E-state index is -0.256. The summed E-state index contributed by atoms with van der Waals surface area (Å²) < 4.78 is 5.62. The monoisotopic (exact) mass is 281 g/mol. The number of rotatable bonds is 6. The molecule has 1 aliphatic rings. The Labute approximate surface area is 118 Å². The maximum Gasteiger partial charge on any atom is 0.318 e. The van der Waals surface area contributed by atoms with Crippen LogP contribution in [-0.2, 0) is 11.3 Å². The van der Waals surface area contributed by atoms with Gasteiger partial charge in [-0.1, -0.05) is 18.9 Å². The molecule has 7 heteroatoms. The Kier molecular flexibility index (Phi) is 4.94. The van der Waals surface area contributed by atoms with Gasteiger partial charge in [0.15, 0.2) is 0 Å². The molecule has 20 heavy (non-hydrogen) atoms. The molecule has 3 N–H and O–H groups in total. The number of amides is 1. The SMILES string of the molecule is CC(C)CNCc1nnc(N2CCCC(C(N)=O)C2)o1. The quantitative estimate of drug-likeness (QED) is 0.789. The van der Waals surface area contributed by atoms with Gasteiger partial charge in [0.2, 0.25) is 11.8 Å². The van der Waals surface area contributed by atoms with E-state index in [0.29, 0.717) is 30.9 Å². The van der Waals surface area contributed by atoms with Crippen molar-refractivity contribution in [2.45, 2.75) is 33.2 Å². The van der Waals surface area contributed by atoms with E-state index in [1.807, 2.05) is 4.90 Å². The zero-order chi connectivity index (χ0) is 14.5. The summed E-state index contributed by atoms with van der Waals surface area (Å²) in [7, 11) is 0. The summed E-state index contributed by atoms with van der Waals surface area (Å²) in [5, 5.41) is 11.3. The van der Waals surface area contributed by atoms with Crippen molar-refractivity contribution >= 4 is 11.9 Å². The van der Waals surface area contributed by atoms with Gasteiger partial charge in [0.05, 0.1) is 12.5 Å². The molecule has 0 aromatic carbocycles. The smallest absolute Gasteiger partial charge is 0.318 e. The number of carbonyl (C=O) groups is 1. The first kappa shape index (κ1) is 14.8. The van der Waals surface area contributed by atoms with Crippen LogP contribution >= 0.6 is 0 Å². The van der Waals surface area contributed by atoms with E-state index in [0.717, 1.165) is 25.9 Å². The fraction of sp³-hybridized carbons (Fsp3) is 0.769. The van der Waals surface area contributed by atoms with Gasteiger partial charge in [0.1, 0.15) is 0 Å². The minimum Gasteiger partial charge on any atom is -0.407 e. The zero-order valence-electron chi connectivity index (χ0n) is 12.1. The summed E-state index contributed by atoms with van der Waals surface area (Å²) in [6.45, 7) is 7.15. The molecule has 7 nitrogen and oxygen atoms in total. The van der Waals surface area contributed by atoms with Crippen LogP contribution in [0.25, 0.3) is 0 Å². The number of aromatic nitrogens is 2. The highest BCUT2D eigenvalue weighted by Crippen LogP contribution is 2.21. The van der Waals surface area contributed by atoms with Crippen molar-refractivity contribution in [1.82, 2.24) is 15.5 Å². The third kappa shape index (κ3) is 3.93. The number of hydrogen-bond donors (Lipinski definition) is 2. The fourth-order valence-electron chi connectivity index (χ4n) is 2.29. The van der Waals surface area contributed by atoms with Crippen LogP contribution in [0.4, 0.5) is 6.01 Å². The molecule has 112 valence electrons. The maximum atomic E-state index is 11.3. The normalized spacial score (nSPS) is 19.6. The Hall–Kier alpha value is -1.63. The van der Waals surface area contributed by atoms with Crippen molar-refractivity contribution in [2.24, 2.45) is 17.6 Å². The third-order valence-electron chi connectivity index (χ3n) is 3.38. The molecule has 0 saturated carbocycles. The van der Waals surface area contributed by atoms with Crippen LogP contribution in [0, 0.1) is 11.8 Å². The van der Waals surface area contributed by atoms with E-state index in [-0.39, 0.29) is 11.8 Å². The van der Waals surface area contributed by atoms with Crippen molar-refractivity contribution in [1.29, 1.82) is 0 Å². The van der Waals surface area contributed by atoms with E-state index >= 15 is 0 Å². The summed E-state index contributed by atoms with van der Waals surface area (Å²) in [5.41, 5.74) is 5.36. The van der Waals surface area contributed by atoms with Gasteiger partial charge in [-0.15, -0.1) is 5.10 Å². The Morgan fingerprint density at radius 3 is 3.05 bits per heavy atom. The lowest BCUT2D eigenvalue weighted by atomic mass is 9.98. The average Bonchev–Trinajstić information content (AvgIpc) is 2.87. The highest BCUT2D eigenvalue weighted by molar-refractivity contribution is 5.77. The van der Waals surface area contributed by atoms with E-state index in [2.05, 4.69) is 29.4 Å². The molecule has 1 saturated heterocycles. The molecule has 1 unspecified atom stereocenters. The summed E-state index contributed by atoms with van der Waals surface area (Å²) >= 11 is 0. The molecular formula is C13H23N5O2. The molecule has 1 amide bonds. The highest BCUT2D eigenvalue weighted by Gasteiger charge is 2.26. The van der Waals surface area contributed by atoms with E-state index in [1.54, 1.807) is 0 Å². The lowest BCUT2D eigenvalue weighted by molar-refractivity contribution is -0.122. The van der Waals surface area contributed by atoms with Crippen LogP contribution in [0.15, 0.2) is 4.42 Å². The lowest BCUT2D eigenvalue weighted by Crippen LogP contribution is -2.41. The van der Waals surface area contributed by atoms with Gasteiger partial charge in [-0.2, -0.15) is 0 Å². The number of hydrogen-bond acceptors (Lipinski definition) is 6. The summed E-state index contributed by atoms with van der Waals surface area (Å²) in [4.78, 5) is 13.2. The zero-order valence-corrected chi connectivity index (χ0v) is 12.1. The summed E-state index contributed by atoms with van der Waals surface area (Å²) in [5.74, 6) is 0.767. The Bertz CT molecular complexity index is 446. The average molecular weight is 281 g/mol. The molecule has 0 radical (unpaired) electrons. The molecule has 2 rings (SSSR count). The van der Waals surface area contributed by atoms with Crippen LogP contribution in [0.2, 0.25) is 0 Å². The largest absolute Gasteiger partial charge is 0.407 e. The molecular weight excluding hydrogens is 258 g/mol. The number of nitrogens with one attached hydrogen (secondary N) is 1. The first-order chi connectivity index (χ1) is 9.56. The predicted molar refractivity (Wildman–Crippen MR) is 75.0 cm³/mol. The Balaban J connectivity index is 1.89. The molecule has 1 aromatic rings. The topological polar surface area (TPSA) is 97.3 Å². The molecule has 1 atom stereocenters. The van der Waals surface area contributed by atoms with E-state index < -0.39 is 0 Å². The van der Waals surface area contributed by atoms with E-state index in [4.69, 9.17) is 10.2 Å². The van der Waals surface area contributed by atoms with Crippen molar-refractivity contribution in [3.8, 4) is 0 Å². The van der Waals surface area contributed by atoms with Crippen LogP contribution in [0.3, 0.4) is 0 Å². The molecule has 0 bridgehead atoms. The fourth-order valence-corrected chi connectivity index (χ4v) is 2.29. The van der Waals surface area contributed by atoms with Crippen molar-refractivity contribution in [3.63, 3.8) is 0 Å². The van der Waals surface area contributed by atoms with Crippen LogP contribution < -0.4 is 16.0 Å². The molecule has 1 aliphatic heterocycles. The molecule has 0 aliphatic carbocycles. The number of nitrogens with two attached hydrogens (primary N) is 1. The van der Waals surface area contributed by atoms with Gasteiger partial charge in [-0.05, 0) is 25.3 Å². The van der Waals surface area contributed by atoms with Crippen molar-refractivity contribution in [3.05, 3.63) is 5.89 Å². The second-order valence-corrected chi connectivity index (χ2v) is 5.69. The van der Waals surface area contributed by atoms with Gasteiger partial charge in [0.25, 0.3) is 0 Å². The number of piperidine rings is 1. The first-order valence-electron chi connectivity index (χ1n) is 7.13. The number of nitrogens with zero attached hydrogens (tertiary/aromatic N) is 3. The molecule has 0 spiro atoms. The second kappa shape index (κ2) is 6.69. The predicted octanol–water partition coefficient (Wildman–Crippen LogP) is 0.517. The minimum absolute atomic E-state index is 0.127. The van der Waals surface area contributed by atoms with Crippen LogP contribution in [-0.4, -0.2) is 35.7 Å². The molecule has 2 heterocycles. The van der Waals surface area contributed by atoms with Crippen LogP contribution in [0.1, 0.15) is 32.6 Å². The Morgan fingerprint density at radius 2 is 2.35 bits per heavy atom. The van der Waals surface area contributed by atoms with Gasteiger partial charge in [0, 0.05) is 13.1 Å². The number of carbonyl (C=O) groups excluding carboxylic acids is 1. The van der Waals surface area contributed by atoms with Crippen molar-refractivity contribution in [2.75, 3.05) is 24.5 Å². The number of primary amides is 1. The standard InChI is InChI=1S/C13H23N5O2/c1-9(2)6-15-7-11-16-17-13(20-11)18-5-3-4-10(8-18)12(14)19/h9-10,15H,3-8H2,1-2H3,(H2,14,19). The van der Waals surface area contributed by atoms with Gasteiger partial charge >= 0.3 is 6.01 Å². The number of anilines is 1. The third-order valence-corrected chi connectivity index (χ3v) is 3.38. The molecule has 1 aromatic heterocycles. The van der Waals surface area contributed by atoms with Crippen LogP contribution in [0.5, 0.6) is 0 Å². The van der Waals surface area contributed by atoms with Gasteiger partial charge < -0.3 is 20.4 Å². The second-order valence-electron chi connectivity index (χ2n) is 5.69. The van der Waals surface area contributed by atoms with Gasteiger partial charge in [-0.3, -0.25) is 4.79 Å². The van der Waals surface area contributed by atoms with Gasteiger partial charge in [-0.25, -0.2) is 0 Å². The van der Waals surface area contributed by atoms with E-state index in [9.17, 15) is 4.79 Å². The van der Waals surface area contributed by atoms with Crippen molar-refractivity contribution < 1.29 is 9.21 Å². The Morgan fingerprint density at radius 1 is 1.55 bits per heavy atom. The lowest BCUT2D eigenvalue weighted by Gasteiger charge is -2.29.